The number of rotatable bonds is 2. The smallest absolute Gasteiger partial charge is 0.541 e. The molecule has 1 radical (unpaired) electrons. The van der Waals surface area contributed by atoms with E-state index in [-0.39, 0.29) is 17.1 Å². The van der Waals surface area contributed by atoms with Crippen LogP contribution in [0.3, 0.4) is 0 Å². The summed E-state index contributed by atoms with van der Waals surface area (Å²) in [5.74, 6) is -4.02. The summed E-state index contributed by atoms with van der Waals surface area (Å²) in [4.78, 5) is 19.8. The molecule has 0 saturated heterocycles. The Labute approximate surface area is 124 Å². The summed E-state index contributed by atoms with van der Waals surface area (Å²) in [6.45, 7) is 0. The van der Waals surface area contributed by atoms with E-state index in [1.54, 1.807) is 0 Å². The zero-order chi connectivity index (χ0) is 13.7. The number of carbonyl (C=O) groups is 2. The van der Waals surface area contributed by atoms with Gasteiger partial charge in [-0.2, -0.15) is 0 Å². The molecule has 0 spiro atoms. The van der Waals surface area contributed by atoms with Crippen molar-refractivity contribution in [1.29, 1.82) is 0 Å². The Balaban J connectivity index is 0.000000324. The molecular formula is C4Cl2CuN8O4. The Morgan fingerprint density at radius 2 is 1.21 bits per heavy atom. The molecule has 19 heavy (non-hydrogen) atoms. The Bertz CT molecular complexity index is 520. The predicted octanol–water partition coefficient (Wildman–Crippen LogP) is -3.93. The van der Waals surface area contributed by atoms with Crippen LogP contribution in [0.15, 0.2) is 0 Å². The second-order valence-corrected chi connectivity index (χ2v) is 2.94. The number of carboxylic acid groups (broad SMARTS) is 2. The fourth-order valence-corrected chi connectivity index (χ4v) is 0.852. The van der Waals surface area contributed by atoms with Crippen LogP contribution >= 0.6 is 23.6 Å². The van der Waals surface area contributed by atoms with E-state index in [9.17, 15) is 19.8 Å². The van der Waals surface area contributed by atoms with Gasteiger partial charge in [0.2, 0.25) is 11.6 Å². The van der Waals surface area contributed by atoms with E-state index in [0.717, 1.165) is 0 Å². The third-order valence-corrected chi connectivity index (χ3v) is 1.69. The molecule has 0 aliphatic heterocycles. The van der Waals surface area contributed by atoms with Crippen molar-refractivity contribution in [1.82, 2.24) is 39.5 Å². The van der Waals surface area contributed by atoms with Gasteiger partial charge in [-0.15, -0.1) is 18.6 Å². The SMILES string of the molecule is O=C([O-])c1nnnn1Cl.O=C([O-])c1nnnn1Cl.[Cu+2]. The molecule has 0 N–H and O–H groups in total. The fourth-order valence-electron chi connectivity index (χ4n) is 0.586. The summed E-state index contributed by atoms with van der Waals surface area (Å²) in [6.07, 6.45) is 0. The van der Waals surface area contributed by atoms with Crippen molar-refractivity contribution < 1.29 is 36.9 Å². The molecule has 2 heterocycles. The van der Waals surface area contributed by atoms with E-state index in [1.807, 2.05) is 0 Å². The monoisotopic (exact) mass is 357 g/mol. The molecule has 0 fully saturated rings. The van der Waals surface area contributed by atoms with Gasteiger partial charge in [0, 0.05) is 23.6 Å². The van der Waals surface area contributed by atoms with E-state index in [0.29, 0.717) is 8.40 Å². The number of carbonyl (C=O) groups excluding carboxylic acids is 2. The van der Waals surface area contributed by atoms with Gasteiger partial charge >= 0.3 is 17.1 Å². The summed E-state index contributed by atoms with van der Waals surface area (Å²) in [5, 5.41) is 37.9. The van der Waals surface area contributed by atoms with Crippen molar-refractivity contribution >= 4 is 35.5 Å². The number of nitrogens with zero attached hydrogens (tertiary/aromatic N) is 8. The average molecular weight is 359 g/mol. The zero-order valence-electron chi connectivity index (χ0n) is 8.27. The minimum Gasteiger partial charge on any atom is -0.541 e. The molecule has 2 aromatic rings. The minimum absolute atomic E-state index is 0. The van der Waals surface area contributed by atoms with Gasteiger partial charge in [-0.25, -0.2) is 0 Å². The first kappa shape index (κ1) is 17.2. The average Bonchev–Trinajstić information content (AvgIpc) is 2.87. The second-order valence-electron chi connectivity index (χ2n) is 2.30. The molecule has 0 bridgehead atoms. The molecule has 0 saturated carbocycles. The molecule has 2 aromatic heterocycles. The summed E-state index contributed by atoms with van der Waals surface area (Å²) in [5.41, 5.74) is 0. The van der Waals surface area contributed by atoms with Crippen molar-refractivity contribution in [3.63, 3.8) is 0 Å². The van der Waals surface area contributed by atoms with Gasteiger partial charge in [-0.1, -0.05) is 0 Å². The number of halogens is 2. The molecule has 105 valence electrons. The van der Waals surface area contributed by atoms with Gasteiger partial charge in [0.1, 0.15) is 11.9 Å². The van der Waals surface area contributed by atoms with Crippen LogP contribution in [-0.2, 0) is 17.1 Å². The van der Waals surface area contributed by atoms with Crippen molar-refractivity contribution in [2.45, 2.75) is 0 Å². The maximum Gasteiger partial charge on any atom is 2.00 e. The van der Waals surface area contributed by atoms with Gasteiger partial charge in [0.25, 0.3) is 0 Å². The van der Waals surface area contributed by atoms with Gasteiger partial charge < -0.3 is 19.8 Å². The van der Waals surface area contributed by atoms with Crippen molar-refractivity contribution in [2.24, 2.45) is 0 Å². The molecular weight excluding hydrogens is 359 g/mol. The first-order valence-electron chi connectivity index (χ1n) is 3.75. The topological polar surface area (TPSA) is 167 Å². The molecule has 0 aliphatic carbocycles. The number of hydrogen-bond donors (Lipinski definition) is 0. The van der Waals surface area contributed by atoms with E-state index in [4.69, 9.17) is 23.6 Å². The van der Waals surface area contributed by atoms with Crippen molar-refractivity contribution in [3.05, 3.63) is 11.6 Å². The van der Waals surface area contributed by atoms with Gasteiger partial charge in [-0.3, -0.25) is 0 Å². The van der Waals surface area contributed by atoms with Gasteiger partial charge in [-0.05, 0) is 20.9 Å². The minimum atomic E-state index is -1.50. The Hall–Kier alpha value is -1.82. The third kappa shape index (κ3) is 4.75. The predicted molar refractivity (Wildman–Crippen MR) is 46.8 cm³/mol. The first-order valence-corrected chi connectivity index (χ1v) is 4.43. The Morgan fingerprint density at radius 3 is 1.32 bits per heavy atom. The van der Waals surface area contributed by atoms with E-state index in [2.05, 4.69) is 31.1 Å². The Kier molecular flexibility index (Phi) is 6.85. The first-order chi connectivity index (χ1) is 8.43. The largest absolute Gasteiger partial charge is 2.00 e. The van der Waals surface area contributed by atoms with E-state index >= 15 is 0 Å². The van der Waals surface area contributed by atoms with Crippen LogP contribution in [0.5, 0.6) is 0 Å². The van der Waals surface area contributed by atoms with E-state index < -0.39 is 23.6 Å². The van der Waals surface area contributed by atoms with Crippen LogP contribution in [0, 0.1) is 0 Å². The van der Waals surface area contributed by atoms with E-state index in [1.165, 1.54) is 0 Å². The molecule has 15 heteroatoms. The molecule has 0 atom stereocenters. The summed E-state index contributed by atoms with van der Waals surface area (Å²) >= 11 is 10.2. The van der Waals surface area contributed by atoms with Crippen LogP contribution in [0.25, 0.3) is 0 Å². The molecule has 2 rings (SSSR count). The summed E-state index contributed by atoms with van der Waals surface area (Å²) in [7, 11) is 0. The number of tetrazole rings is 2. The maximum atomic E-state index is 9.92. The molecule has 0 amide bonds. The number of hydrogen-bond acceptors (Lipinski definition) is 10. The number of aromatic carboxylic acids is 2. The Morgan fingerprint density at radius 1 is 0.895 bits per heavy atom. The van der Waals surface area contributed by atoms with Gasteiger partial charge in [0.05, 0.1) is 0 Å². The number of aromatic nitrogens is 8. The van der Waals surface area contributed by atoms with Crippen molar-refractivity contribution in [2.75, 3.05) is 0 Å². The normalized spacial score (nSPS) is 8.95. The van der Waals surface area contributed by atoms with Crippen LogP contribution in [0.1, 0.15) is 21.2 Å². The second kappa shape index (κ2) is 7.58. The van der Waals surface area contributed by atoms with Crippen LogP contribution < -0.4 is 10.2 Å². The third-order valence-electron chi connectivity index (χ3n) is 1.23. The fraction of sp³-hybridized carbons (Fsp3) is 0. The van der Waals surface area contributed by atoms with Crippen LogP contribution in [-0.4, -0.2) is 51.4 Å². The van der Waals surface area contributed by atoms with Crippen LogP contribution in [0.4, 0.5) is 0 Å². The quantitative estimate of drug-likeness (QED) is 0.483. The zero-order valence-corrected chi connectivity index (χ0v) is 10.7. The molecule has 0 unspecified atom stereocenters. The molecule has 0 aliphatic rings. The summed E-state index contributed by atoms with van der Waals surface area (Å²) < 4.78 is 0.991. The van der Waals surface area contributed by atoms with Crippen LogP contribution in [0.2, 0.25) is 0 Å². The molecule has 0 aromatic carbocycles. The maximum absolute atomic E-state index is 9.92. The van der Waals surface area contributed by atoms with Gasteiger partial charge in [0.15, 0.2) is 0 Å². The standard InChI is InChI=1S/2C2HClN4O2.Cu/c2*3-7-1(2(8)9)4-5-6-7;/h2*(H,8,9);/q;;+2/p-2. The summed E-state index contributed by atoms with van der Waals surface area (Å²) in [6, 6.07) is 0. The molecule has 12 nitrogen and oxygen atoms in total. The van der Waals surface area contributed by atoms with Crippen molar-refractivity contribution in [3.8, 4) is 0 Å². The number of carboxylic acids is 2.